The molecule has 1 aromatic heterocycles. The zero-order valence-electron chi connectivity index (χ0n) is 17.4. The summed E-state index contributed by atoms with van der Waals surface area (Å²) in [7, 11) is 1.64. The second-order valence-electron chi connectivity index (χ2n) is 7.42. The number of amides is 1. The Hall–Kier alpha value is -3.65. The molecule has 0 saturated carbocycles. The highest BCUT2D eigenvalue weighted by atomic mass is 32.2. The van der Waals surface area contributed by atoms with Crippen LogP contribution in [-0.2, 0) is 4.79 Å². The Morgan fingerprint density at radius 3 is 2.69 bits per heavy atom. The first kappa shape index (κ1) is 20.3. The van der Waals surface area contributed by atoms with E-state index < -0.39 is 0 Å². The predicted molar refractivity (Wildman–Crippen MR) is 125 cm³/mol. The molecule has 5 rings (SSSR count). The van der Waals surface area contributed by atoms with Crippen LogP contribution in [0.25, 0.3) is 10.8 Å². The zero-order chi connectivity index (χ0) is 21.9. The topological polar surface area (TPSA) is 83.5 Å². The van der Waals surface area contributed by atoms with E-state index in [0.29, 0.717) is 11.6 Å². The van der Waals surface area contributed by atoms with Crippen LogP contribution < -0.4 is 4.74 Å². The molecule has 0 bridgehead atoms. The number of nitrogens with zero attached hydrogens (tertiary/aromatic N) is 4. The van der Waals surface area contributed by atoms with Crippen molar-refractivity contribution in [3.8, 4) is 5.75 Å². The van der Waals surface area contributed by atoms with Gasteiger partial charge in [-0.15, -0.1) is 0 Å². The van der Waals surface area contributed by atoms with Crippen LogP contribution in [0.15, 0.2) is 83.3 Å². The van der Waals surface area contributed by atoms with Crippen LogP contribution in [0.3, 0.4) is 0 Å². The molecule has 4 aromatic rings. The number of carbonyl (C=O) groups excluding carboxylic acids is 1. The molecule has 0 aliphatic carbocycles. The third-order valence-corrected chi connectivity index (χ3v) is 6.34. The van der Waals surface area contributed by atoms with Gasteiger partial charge in [-0.1, -0.05) is 60.3 Å². The van der Waals surface area contributed by atoms with Crippen LogP contribution in [0, 0.1) is 0 Å². The molecule has 1 aliphatic heterocycles. The number of aromatic amines is 1. The second-order valence-corrected chi connectivity index (χ2v) is 8.38. The summed E-state index contributed by atoms with van der Waals surface area (Å²) in [5, 5.41) is 15.9. The molecule has 1 N–H and O–H groups in total. The zero-order valence-corrected chi connectivity index (χ0v) is 18.2. The average molecular weight is 444 g/mol. The summed E-state index contributed by atoms with van der Waals surface area (Å²) in [4.78, 5) is 17.2. The number of fused-ring (bicyclic) bond motifs is 1. The Morgan fingerprint density at radius 1 is 1.12 bits per heavy atom. The lowest BCUT2D eigenvalue weighted by molar-refractivity contribution is -0.130. The highest BCUT2D eigenvalue weighted by molar-refractivity contribution is 7.99. The fourth-order valence-corrected chi connectivity index (χ4v) is 4.46. The lowest BCUT2D eigenvalue weighted by Crippen LogP contribution is -2.28. The first-order valence-corrected chi connectivity index (χ1v) is 11.2. The Morgan fingerprint density at radius 2 is 1.94 bits per heavy atom. The van der Waals surface area contributed by atoms with Gasteiger partial charge in [0.2, 0.25) is 0 Å². The molecule has 160 valence electrons. The van der Waals surface area contributed by atoms with Gasteiger partial charge in [-0.2, -0.15) is 10.2 Å². The fourth-order valence-electron chi connectivity index (χ4n) is 3.83. The van der Waals surface area contributed by atoms with Crippen LogP contribution in [0.1, 0.15) is 23.6 Å². The summed E-state index contributed by atoms with van der Waals surface area (Å²) in [5.74, 6) is 0.917. The molecular weight excluding hydrogens is 422 g/mol. The van der Waals surface area contributed by atoms with Crippen molar-refractivity contribution < 1.29 is 9.53 Å². The van der Waals surface area contributed by atoms with Crippen LogP contribution in [0.4, 0.5) is 0 Å². The standard InChI is InChI=1S/C24H21N5O2S/c1-31-20-10-8-17(9-11-20)22-13-21(19-7-6-16-4-2-3-5-18(16)12-19)28-29(22)23(30)14-32-24-25-15-26-27-24/h2-12,15,22H,13-14H2,1H3,(H,25,26,27). The van der Waals surface area contributed by atoms with Crippen LogP contribution in [-0.4, -0.2) is 44.7 Å². The maximum Gasteiger partial charge on any atom is 0.253 e. The number of hydrogen-bond donors (Lipinski definition) is 1. The van der Waals surface area contributed by atoms with Crippen molar-refractivity contribution in [1.82, 2.24) is 20.2 Å². The van der Waals surface area contributed by atoms with Crippen molar-refractivity contribution in [2.45, 2.75) is 17.6 Å². The normalized spacial score (nSPS) is 15.7. The molecule has 7 nitrogen and oxygen atoms in total. The molecule has 2 heterocycles. The van der Waals surface area contributed by atoms with Gasteiger partial charge in [-0.25, -0.2) is 9.99 Å². The molecule has 1 aliphatic rings. The van der Waals surface area contributed by atoms with Crippen LogP contribution in [0.2, 0.25) is 0 Å². The number of hydrogen-bond acceptors (Lipinski definition) is 6. The number of carbonyl (C=O) groups is 1. The lowest BCUT2D eigenvalue weighted by atomic mass is 9.97. The van der Waals surface area contributed by atoms with E-state index in [1.54, 1.807) is 12.1 Å². The molecule has 8 heteroatoms. The van der Waals surface area contributed by atoms with E-state index in [4.69, 9.17) is 9.84 Å². The molecule has 0 radical (unpaired) electrons. The largest absolute Gasteiger partial charge is 0.497 e. The molecule has 1 amide bonds. The number of nitrogens with one attached hydrogen (secondary N) is 1. The van der Waals surface area contributed by atoms with E-state index in [1.165, 1.54) is 23.5 Å². The number of ether oxygens (including phenoxy) is 1. The van der Waals surface area contributed by atoms with E-state index in [1.807, 2.05) is 36.4 Å². The second kappa shape index (κ2) is 8.84. The fraction of sp³-hybridized carbons (Fsp3) is 0.167. The van der Waals surface area contributed by atoms with E-state index in [2.05, 4.69) is 45.5 Å². The van der Waals surface area contributed by atoms with E-state index in [0.717, 1.165) is 28.0 Å². The third kappa shape index (κ3) is 4.09. The summed E-state index contributed by atoms with van der Waals surface area (Å²) in [5.41, 5.74) is 2.94. The van der Waals surface area contributed by atoms with Gasteiger partial charge >= 0.3 is 0 Å². The summed E-state index contributed by atoms with van der Waals surface area (Å²) < 4.78 is 5.29. The van der Waals surface area contributed by atoms with Crippen molar-refractivity contribution in [3.63, 3.8) is 0 Å². The van der Waals surface area contributed by atoms with Gasteiger partial charge in [0.25, 0.3) is 5.91 Å². The molecule has 0 saturated heterocycles. The molecule has 0 spiro atoms. The molecule has 1 unspecified atom stereocenters. The van der Waals surface area contributed by atoms with Gasteiger partial charge in [0.05, 0.1) is 24.6 Å². The minimum absolute atomic E-state index is 0.0805. The molecule has 32 heavy (non-hydrogen) atoms. The first-order chi connectivity index (χ1) is 15.7. The first-order valence-electron chi connectivity index (χ1n) is 10.2. The number of aromatic nitrogens is 3. The van der Waals surface area contributed by atoms with E-state index in [-0.39, 0.29) is 17.7 Å². The molecule has 3 aromatic carbocycles. The lowest BCUT2D eigenvalue weighted by Gasteiger charge is -2.22. The minimum Gasteiger partial charge on any atom is -0.497 e. The van der Waals surface area contributed by atoms with Crippen molar-refractivity contribution in [3.05, 3.63) is 84.2 Å². The number of H-pyrrole nitrogens is 1. The van der Waals surface area contributed by atoms with Gasteiger partial charge < -0.3 is 4.74 Å². The van der Waals surface area contributed by atoms with Crippen LogP contribution >= 0.6 is 11.8 Å². The number of hydrazone groups is 1. The maximum absolute atomic E-state index is 13.1. The smallest absolute Gasteiger partial charge is 0.253 e. The van der Waals surface area contributed by atoms with E-state index >= 15 is 0 Å². The monoisotopic (exact) mass is 443 g/mol. The summed E-state index contributed by atoms with van der Waals surface area (Å²) in [6.45, 7) is 0. The highest BCUT2D eigenvalue weighted by Crippen LogP contribution is 2.34. The number of rotatable bonds is 6. The van der Waals surface area contributed by atoms with Gasteiger partial charge in [0.1, 0.15) is 12.1 Å². The molecule has 0 fully saturated rings. The van der Waals surface area contributed by atoms with Crippen molar-refractivity contribution in [1.29, 1.82) is 0 Å². The van der Waals surface area contributed by atoms with Gasteiger partial charge in [0, 0.05) is 6.42 Å². The van der Waals surface area contributed by atoms with Crippen molar-refractivity contribution >= 4 is 34.2 Å². The van der Waals surface area contributed by atoms with Gasteiger partial charge in [0.15, 0.2) is 5.16 Å². The highest BCUT2D eigenvalue weighted by Gasteiger charge is 2.33. The Balaban J connectivity index is 1.45. The minimum atomic E-state index is -0.176. The average Bonchev–Trinajstić information content (AvgIpc) is 3.53. The molecule has 1 atom stereocenters. The third-order valence-electron chi connectivity index (χ3n) is 5.47. The van der Waals surface area contributed by atoms with Gasteiger partial charge in [-0.05, 0) is 40.1 Å². The maximum atomic E-state index is 13.1. The Labute approximate surface area is 189 Å². The SMILES string of the molecule is COc1ccc(C2CC(c3ccc4ccccc4c3)=NN2C(=O)CSc2ncn[nH]2)cc1. The summed E-state index contributed by atoms with van der Waals surface area (Å²) >= 11 is 1.31. The summed E-state index contributed by atoms with van der Waals surface area (Å²) in [6, 6.07) is 22.2. The number of methoxy groups -OCH3 is 1. The Bertz CT molecular complexity index is 1270. The number of thioether (sulfide) groups is 1. The van der Waals surface area contributed by atoms with Gasteiger partial charge in [-0.3, -0.25) is 9.89 Å². The van der Waals surface area contributed by atoms with Crippen molar-refractivity contribution in [2.24, 2.45) is 5.10 Å². The predicted octanol–water partition coefficient (Wildman–Crippen LogP) is 4.44. The Kier molecular flexibility index (Phi) is 5.60. The summed E-state index contributed by atoms with van der Waals surface area (Å²) in [6.07, 6.45) is 2.07. The van der Waals surface area contributed by atoms with Crippen molar-refractivity contribution in [2.75, 3.05) is 12.9 Å². The molecular formula is C24H21N5O2S. The number of benzene rings is 3. The van der Waals surface area contributed by atoms with E-state index in [9.17, 15) is 4.79 Å². The quantitative estimate of drug-likeness (QED) is 0.446. The van der Waals surface area contributed by atoms with Crippen LogP contribution in [0.5, 0.6) is 5.75 Å².